The first-order valence-electron chi connectivity index (χ1n) is 8.54. The number of likely N-dealkylation sites (N-methyl/N-ethyl adjacent to an activating group) is 1. The molecule has 26 heavy (non-hydrogen) atoms. The molecular formula is C20H23N5O. The van der Waals surface area contributed by atoms with Gasteiger partial charge in [0.25, 0.3) is 0 Å². The van der Waals surface area contributed by atoms with Crippen molar-refractivity contribution in [1.82, 2.24) is 20.1 Å². The van der Waals surface area contributed by atoms with E-state index in [0.717, 1.165) is 28.3 Å². The van der Waals surface area contributed by atoms with E-state index >= 15 is 0 Å². The van der Waals surface area contributed by atoms with E-state index in [1.54, 1.807) is 6.20 Å². The molecule has 0 aliphatic heterocycles. The van der Waals surface area contributed by atoms with E-state index in [-0.39, 0.29) is 18.5 Å². The van der Waals surface area contributed by atoms with Gasteiger partial charge in [0, 0.05) is 6.20 Å². The highest BCUT2D eigenvalue weighted by Gasteiger charge is 2.22. The lowest BCUT2D eigenvalue weighted by Gasteiger charge is -2.27. The summed E-state index contributed by atoms with van der Waals surface area (Å²) >= 11 is 0. The topological polar surface area (TPSA) is 73.9 Å². The van der Waals surface area contributed by atoms with E-state index in [4.69, 9.17) is 0 Å². The van der Waals surface area contributed by atoms with Crippen LogP contribution in [0.4, 0.5) is 5.69 Å². The van der Waals surface area contributed by atoms with Gasteiger partial charge in [0.2, 0.25) is 5.91 Å². The molecule has 1 amide bonds. The highest BCUT2D eigenvalue weighted by atomic mass is 16.2. The number of amides is 1. The monoisotopic (exact) mass is 349 g/mol. The summed E-state index contributed by atoms with van der Waals surface area (Å²) in [6.07, 6.45) is 1.78. The van der Waals surface area contributed by atoms with Gasteiger partial charge in [0.15, 0.2) is 0 Å². The zero-order valence-corrected chi connectivity index (χ0v) is 15.2. The number of benzene rings is 1. The van der Waals surface area contributed by atoms with Gasteiger partial charge in [0.1, 0.15) is 0 Å². The first-order valence-corrected chi connectivity index (χ1v) is 8.54. The number of rotatable bonds is 6. The minimum Gasteiger partial charge on any atom is -0.322 e. The molecule has 0 spiro atoms. The van der Waals surface area contributed by atoms with Crippen molar-refractivity contribution in [3.63, 3.8) is 0 Å². The molecule has 2 N–H and O–H groups in total. The molecule has 0 aliphatic rings. The lowest BCUT2D eigenvalue weighted by atomic mass is 10.0. The number of nitrogens with one attached hydrogen (secondary N) is 2. The third kappa shape index (κ3) is 3.97. The standard InChI is InChI=1S/C20H23N5O/c1-14-19(15(2)24-23-14)22-18(26)13-25(3)20(16-9-5-4-6-10-16)17-11-7-8-12-21-17/h4-12,20H,13H2,1-3H3,(H,22,26)(H,23,24)/t20-/m0/s1. The lowest BCUT2D eigenvalue weighted by molar-refractivity contribution is -0.117. The van der Waals surface area contributed by atoms with Gasteiger partial charge in [-0.1, -0.05) is 36.4 Å². The van der Waals surface area contributed by atoms with Crippen molar-refractivity contribution in [1.29, 1.82) is 0 Å². The summed E-state index contributed by atoms with van der Waals surface area (Å²) in [5.41, 5.74) is 4.38. The Hall–Kier alpha value is -2.99. The summed E-state index contributed by atoms with van der Waals surface area (Å²) < 4.78 is 0. The van der Waals surface area contributed by atoms with Crippen LogP contribution in [0.25, 0.3) is 0 Å². The quantitative estimate of drug-likeness (QED) is 0.717. The highest BCUT2D eigenvalue weighted by Crippen LogP contribution is 2.26. The normalized spacial score (nSPS) is 12.2. The molecule has 2 aromatic heterocycles. The van der Waals surface area contributed by atoms with Gasteiger partial charge in [-0.2, -0.15) is 5.10 Å². The van der Waals surface area contributed by atoms with Crippen molar-refractivity contribution in [3.8, 4) is 0 Å². The zero-order chi connectivity index (χ0) is 18.5. The molecule has 0 fully saturated rings. The third-order valence-electron chi connectivity index (χ3n) is 4.31. The molecule has 6 nitrogen and oxygen atoms in total. The van der Waals surface area contributed by atoms with Crippen LogP contribution < -0.4 is 5.32 Å². The van der Waals surface area contributed by atoms with E-state index in [1.165, 1.54) is 0 Å². The van der Waals surface area contributed by atoms with Crippen molar-refractivity contribution in [2.45, 2.75) is 19.9 Å². The Morgan fingerprint density at radius 3 is 2.50 bits per heavy atom. The summed E-state index contributed by atoms with van der Waals surface area (Å²) in [7, 11) is 1.93. The number of H-pyrrole nitrogens is 1. The Morgan fingerprint density at radius 2 is 1.88 bits per heavy atom. The summed E-state index contributed by atoms with van der Waals surface area (Å²) in [6.45, 7) is 3.99. The van der Waals surface area contributed by atoms with Crippen molar-refractivity contribution < 1.29 is 4.79 Å². The number of pyridine rings is 1. The molecule has 3 aromatic rings. The van der Waals surface area contributed by atoms with Gasteiger partial charge in [-0.15, -0.1) is 0 Å². The van der Waals surface area contributed by atoms with Crippen molar-refractivity contribution in [2.75, 3.05) is 18.9 Å². The fraction of sp³-hybridized carbons (Fsp3) is 0.250. The van der Waals surface area contributed by atoms with Crippen LogP contribution in [0.3, 0.4) is 0 Å². The van der Waals surface area contributed by atoms with Gasteiger partial charge >= 0.3 is 0 Å². The molecule has 2 heterocycles. The van der Waals surface area contributed by atoms with Crippen LogP contribution in [0.15, 0.2) is 54.7 Å². The van der Waals surface area contributed by atoms with Crippen LogP contribution in [0.2, 0.25) is 0 Å². The van der Waals surface area contributed by atoms with Crippen LogP contribution in [-0.2, 0) is 4.79 Å². The molecule has 0 saturated carbocycles. The number of anilines is 1. The van der Waals surface area contributed by atoms with E-state index < -0.39 is 0 Å². The van der Waals surface area contributed by atoms with E-state index in [2.05, 4.69) is 32.6 Å². The smallest absolute Gasteiger partial charge is 0.238 e. The lowest BCUT2D eigenvalue weighted by Crippen LogP contribution is -2.34. The molecule has 0 unspecified atom stereocenters. The zero-order valence-electron chi connectivity index (χ0n) is 15.2. The summed E-state index contributed by atoms with van der Waals surface area (Å²) in [4.78, 5) is 19.1. The molecule has 3 rings (SSSR count). The molecule has 1 atom stereocenters. The van der Waals surface area contributed by atoms with Crippen LogP contribution in [0.5, 0.6) is 0 Å². The van der Waals surface area contributed by atoms with Gasteiger partial charge in [0.05, 0.1) is 35.4 Å². The Kier molecular flexibility index (Phi) is 5.43. The molecule has 1 aromatic carbocycles. The Balaban J connectivity index is 1.80. The first-order chi connectivity index (χ1) is 12.6. The summed E-state index contributed by atoms with van der Waals surface area (Å²) in [5.74, 6) is -0.0861. The Bertz CT molecular complexity index is 801. The van der Waals surface area contributed by atoms with Crippen molar-refractivity contribution >= 4 is 11.6 Å². The molecule has 6 heteroatoms. The van der Waals surface area contributed by atoms with Crippen LogP contribution >= 0.6 is 0 Å². The number of carbonyl (C=O) groups is 1. The van der Waals surface area contributed by atoms with Crippen molar-refractivity contribution in [2.24, 2.45) is 0 Å². The fourth-order valence-electron chi connectivity index (χ4n) is 3.06. The predicted molar refractivity (Wildman–Crippen MR) is 102 cm³/mol. The van der Waals surface area contributed by atoms with E-state index in [9.17, 15) is 4.79 Å². The Morgan fingerprint density at radius 1 is 1.15 bits per heavy atom. The predicted octanol–water partition coefficient (Wildman–Crippen LogP) is 3.08. The third-order valence-corrected chi connectivity index (χ3v) is 4.31. The second-order valence-corrected chi connectivity index (χ2v) is 6.34. The minimum absolute atomic E-state index is 0.0861. The number of hydrogen-bond donors (Lipinski definition) is 2. The van der Waals surface area contributed by atoms with Gasteiger partial charge in [-0.25, -0.2) is 0 Å². The van der Waals surface area contributed by atoms with Gasteiger partial charge < -0.3 is 5.32 Å². The summed E-state index contributed by atoms with van der Waals surface area (Å²) in [5, 5.41) is 9.95. The maximum absolute atomic E-state index is 12.6. The SMILES string of the molecule is Cc1n[nH]c(C)c1NC(=O)CN(C)[C@@H](c1ccccc1)c1ccccn1. The molecule has 0 radical (unpaired) electrons. The molecule has 0 bridgehead atoms. The number of nitrogens with zero attached hydrogens (tertiary/aromatic N) is 3. The second kappa shape index (κ2) is 7.93. The first kappa shape index (κ1) is 17.8. The largest absolute Gasteiger partial charge is 0.322 e. The number of aromatic amines is 1. The average molecular weight is 349 g/mol. The molecular weight excluding hydrogens is 326 g/mol. The minimum atomic E-state index is -0.102. The van der Waals surface area contributed by atoms with Gasteiger partial charge in [-0.3, -0.25) is 19.8 Å². The van der Waals surface area contributed by atoms with Crippen LogP contribution in [0.1, 0.15) is 28.7 Å². The molecule has 134 valence electrons. The summed E-state index contributed by atoms with van der Waals surface area (Å²) in [6, 6.07) is 15.8. The highest BCUT2D eigenvalue weighted by molar-refractivity contribution is 5.93. The Labute approximate surface area is 153 Å². The van der Waals surface area contributed by atoms with E-state index in [1.807, 2.05) is 62.2 Å². The second-order valence-electron chi connectivity index (χ2n) is 6.34. The number of aryl methyl sites for hydroxylation is 2. The number of hydrogen-bond acceptors (Lipinski definition) is 4. The van der Waals surface area contributed by atoms with Crippen LogP contribution in [0, 0.1) is 13.8 Å². The van der Waals surface area contributed by atoms with E-state index in [0.29, 0.717) is 0 Å². The van der Waals surface area contributed by atoms with Gasteiger partial charge in [-0.05, 0) is 38.6 Å². The van der Waals surface area contributed by atoms with Crippen LogP contribution in [-0.4, -0.2) is 39.6 Å². The molecule has 0 saturated heterocycles. The maximum Gasteiger partial charge on any atom is 0.238 e. The number of aromatic nitrogens is 3. The number of carbonyl (C=O) groups excluding carboxylic acids is 1. The van der Waals surface area contributed by atoms with Crippen molar-refractivity contribution in [3.05, 3.63) is 77.4 Å². The molecule has 0 aliphatic carbocycles. The maximum atomic E-state index is 12.6. The average Bonchev–Trinajstić information content (AvgIpc) is 2.95. The fourth-order valence-corrected chi connectivity index (χ4v) is 3.06.